The molecule has 0 unspecified atom stereocenters. The first-order valence-electron chi connectivity index (χ1n) is 3.20. The van der Waals surface area contributed by atoms with E-state index in [0.717, 1.165) is 11.0 Å². The van der Waals surface area contributed by atoms with Gasteiger partial charge in [-0.25, -0.2) is 0 Å². The molecule has 0 rings (SSSR count). The Morgan fingerprint density at radius 2 is 1.80 bits per heavy atom. The van der Waals surface area contributed by atoms with Gasteiger partial charge >= 0.3 is 7.32 Å². The first-order valence-corrected chi connectivity index (χ1v) is 3.20. The molecule has 5 heteroatoms. The van der Waals surface area contributed by atoms with E-state index in [9.17, 15) is 0 Å². The van der Waals surface area contributed by atoms with Gasteiger partial charge in [-0.1, -0.05) is 0 Å². The van der Waals surface area contributed by atoms with Gasteiger partial charge in [0.15, 0.2) is 0 Å². The molecule has 10 heavy (non-hydrogen) atoms. The van der Waals surface area contributed by atoms with Crippen molar-refractivity contribution in [1.29, 1.82) is 0 Å². The standard InChI is InChI=1S/C5H15BNO3/c1-7(2,3)4-5-10-6(8)9/h8-9H,4-5H2,1-3H3/q+1. The van der Waals surface area contributed by atoms with Gasteiger partial charge in [0, 0.05) is 0 Å². The molecular weight excluding hydrogens is 133 g/mol. The van der Waals surface area contributed by atoms with Crippen LogP contribution >= 0.6 is 0 Å². The summed E-state index contributed by atoms with van der Waals surface area (Å²) in [4.78, 5) is 0. The summed E-state index contributed by atoms with van der Waals surface area (Å²) in [5, 5.41) is 16.6. The minimum Gasteiger partial charge on any atom is -0.402 e. The Bertz CT molecular complexity index is 91.4. The number of quaternary nitrogens is 1. The van der Waals surface area contributed by atoms with Crippen LogP contribution in [0.4, 0.5) is 0 Å². The van der Waals surface area contributed by atoms with E-state index in [-0.39, 0.29) is 0 Å². The second-order valence-electron chi connectivity index (χ2n) is 3.21. The highest BCUT2D eigenvalue weighted by Crippen LogP contribution is 1.88. The number of hydrogen-bond acceptors (Lipinski definition) is 3. The largest absolute Gasteiger partial charge is 0.634 e. The van der Waals surface area contributed by atoms with E-state index in [1.54, 1.807) is 0 Å². The summed E-state index contributed by atoms with van der Waals surface area (Å²) in [6.07, 6.45) is 0. The number of hydrogen-bond donors (Lipinski definition) is 2. The van der Waals surface area contributed by atoms with Gasteiger partial charge in [-0.15, -0.1) is 0 Å². The Morgan fingerprint density at radius 1 is 1.30 bits per heavy atom. The molecule has 4 nitrogen and oxygen atoms in total. The first kappa shape index (κ1) is 9.90. The molecule has 0 spiro atoms. The molecule has 0 saturated heterocycles. The number of nitrogens with zero attached hydrogens (tertiary/aromatic N) is 1. The van der Waals surface area contributed by atoms with Crippen molar-refractivity contribution in [2.24, 2.45) is 0 Å². The Labute approximate surface area is 61.8 Å². The van der Waals surface area contributed by atoms with Crippen molar-refractivity contribution in [2.75, 3.05) is 34.3 Å². The lowest BCUT2D eigenvalue weighted by Crippen LogP contribution is -2.38. The van der Waals surface area contributed by atoms with Crippen LogP contribution in [0.3, 0.4) is 0 Å². The summed E-state index contributed by atoms with van der Waals surface area (Å²) in [6, 6.07) is 0. The molecule has 0 aliphatic rings. The topological polar surface area (TPSA) is 49.7 Å². The molecule has 0 atom stereocenters. The van der Waals surface area contributed by atoms with Crippen molar-refractivity contribution >= 4 is 7.32 Å². The number of rotatable bonds is 4. The molecule has 2 N–H and O–H groups in total. The summed E-state index contributed by atoms with van der Waals surface area (Å²) in [5.74, 6) is 0. The molecular formula is C5H15BNO3+. The molecule has 0 aliphatic heterocycles. The zero-order valence-corrected chi connectivity index (χ0v) is 6.74. The van der Waals surface area contributed by atoms with Crippen molar-refractivity contribution in [2.45, 2.75) is 0 Å². The third kappa shape index (κ3) is 7.90. The lowest BCUT2D eigenvalue weighted by molar-refractivity contribution is -0.870. The van der Waals surface area contributed by atoms with E-state index in [1.165, 1.54) is 0 Å². The van der Waals surface area contributed by atoms with E-state index in [1.807, 2.05) is 21.1 Å². The highest BCUT2D eigenvalue weighted by molar-refractivity contribution is 6.32. The SMILES string of the molecule is C[N+](C)(C)CCOB(O)O. The van der Waals surface area contributed by atoms with Crippen LogP contribution in [0.15, 0.2) is 0 Å². The van der Waals surface area contributed by atoms with Gasteiger partial charge < -0.3 is 19.2 Å². The van der Waals surface area contributed by atoms with E-state index in [4.69, 9.17) is 10.0 Å². The van der Waals surface area contributed by atoms with Gasteiger partial charge in [0.05, 0.1) is 27.7 Å². The molecule has 60 valence electrons. The van der Waals surface area contributed by atoms with Gasteiger partial charge in [0.1, 0.15) is 6.54 Å². The minimum absolute atomic E-state index is 0.362. The molecule has 0 aromatic heterocycles. The van der Waals surface area contributed by atoms with Gasteiger partial charge in [-0.05, 0) is 0 Å². The van der Waals surface area contributed by atoms with Crippen molar-refractivity contribution in [3.63, 3.8) is 0 Å². The van der Waals surface area contributed by atoms with Crippen LogP contribution in [0.5, 0.6) is 0 Å². The lowest BCUT2D eigenvalue weighted by Gasteiger charge is -2.23. The Balaban J connectivity index is 3.21. The Kier molecular flexibility index (Phi) is 3.89. The summed E-state index contributed by atoms with van der Waals surface area (Å²) >= 11 is 0. The zero-order chi connectivity index (χ0) is 8.20. The molecule has 0 amide bonds. The van der Waals surface area contributed by atoms with Gasteiger partial charge in [0.25, 0.3) is 0 Å². The molecule has 0 aromatic carbocycles. The molecule has 0 aliphatic carbocycles. The lowest BCUT2D eigenvalue weighted by atomic mass is 10.3. The van der Waals surface area contributed by atoms with Crippen LogP contribution < -0.4 is 0 Å². The summed E-state index contributed by atoms with van der Waals surface area (Å²) in [5.41, 5.74) is 0. The van der Waals surface area contributed by atoms with E-state index in [0.29, 0.717) is 6.61 Å². The number of likely N-dealkylation sites (N-methyl/N-ethyl adjacent to an activating group) is 1. The first-order chi connectivity index (χ1) is 4.42. The molecule has 0 saturated carbocycles. The van der Waals surface area contributed by atoms with Crippen LogP contribution in [0.25, 0.3) is 0 Å². The Hall–Kier alpha value is -0.0951. The van der Waals surface area contributed by atoms with E-state index in [2.05, 4.69) is 4.65 Å². The van der Waals surface area contributed by atoms with Crippen LogP contribution in [0.2, 0.25) is 0 Å². The van der Waals surface area contributed by atoms with Crippen molar-refractivity contribution in [3.8, 4) is 0 Å². The second-order valence-corrected chi connectivity index (χ2v) is 3.21. The third-order valence-electron chi connectivity index (χ3n) is 1.03. The van der Waals surface area contributed by atoms with Crippen LogP contribution in [0, 0.1) is 0 Å². The van der Waals surface area contributed by atoms with Crippen molar-refractivity contribution in [3.05, 3.63) is 0 Å². The maximum atomic E-state index is 8.28. The van der Waals surface area contributed by atoms with Crippen LogP contribution in [-0.4, -0.2) is 56.1 Å². The smallest absolute Gasteiger partial charge is 0.402 e. The predicted molar refractivity (Wildman–Crippen MR) is 39.0 cm³/mol. The average Bonchev–Trinajstić information content (AvgIpc) is 1.59. The zero-order valence-electron chi connectivity index (χ0n) is 6.74. The molecule has 0 radical (unpaired) electrons. The van der Waals surface area contributed by atoms with Gasteiger partial charge in [0.2, 0.25) is 0 Å². The van der Waals surface area contributed by atoms with E-state index < -0.39 is 7.32 Å². The maximum absolute atomic E-state index is 8.28. The second kappa shape index (κ2) is 3.93. The summed E-state index contributed by atoms with van der Waals surface area (Å²) in [6.45, 7) is 1.12. The van der Waals surface area contributed by atoms with Crippen LogP contribution in [0.1, 0.15) is 0 Å². The highest BCUT2D eigenvalue weighted by Gasteiger charge is 2.11. The summed E-state index contributed by atoms with van der Waals surface area (Å²) in [7, 11) is 4.39. The van der Waals surface area contributed by atoms with Gasteiger partial charge in [-0.3, -0.25) is 0 Å². The molecule has 0 bridgehead atoms. The van der Waals surface area contributed by atoms with Crippen molar-refractivity contribution in [1.82, 2.24) is 0 Å². The normalized spacial score (nSPS) is 11.7. The van der Waals surface area contributed by atoms with E-state index >= 15 is 0 Å². The minimum atomic E-state index is -1.63. The predicted octanol–water partition coefficient (Wildman–Crippen LogP) is -1.32. The van der Waals surface area contributed by atoms with Crippen LogP contribution in [-0.2, 0) is 4.65 Å². The fourth-order valence-corrected chi connectivity index (χ4v) is 0.432. The highest BCUT2D eigenvalue weighted by atomic mass is 16.6. The fraction of sp³-hybridized carbons (Fsp3) is 1.00. The van der Waals surface area contributed by atoms with Crippen molar-refractivity contribution < 1.29 is 19.2 Å². The van der Waals surface area contributed by atoms with Gasteiger partial charge in [-0.2, -0.15) is 0 Å². The average molecular weight is 148 g/mol. The third-order valence-corrected chi connectivity index (χ3v) is 1.03. The summed E-state index contributed by atoms with van der Waals surface area (Å²) < 4.78 is 5.27. The Morgan fingerprint density at radius 3 is 2.10 bits per heavy atom. The molecule has 0 heterocycles. The monoisotopic (exact) mass is 148 g/mol. The maximum Gasteiger partial charge on any atom is 0.634 e. The quantitative estimate of drug-likeness (QED) is 0.384. The molecule has 0 aromatic rings. The molecule has 0 fully saturated rings. The fourth-order valence-electron chi connectivity index (χ4n) is 0.432.